The van der Waals surface area contributed by atoms with Gasteiger partial charge in [-0.25, -0.2) is 0 Å². The van der Waals surface area contributed by atoms with Crippen LogP contribution in [-0.2, 0) is 4.79 Å². The summed E-state index contributed by atoms with van der Waals surface area (Å²) >= 11 is 5.71. The SMILES string of the molecule is O=C(COc1ccc(Cl)cc1)Nc1ccc(F)c([N+](=O)[O-])c1. The second-order valence-corrected chi connectivity index (χ2v) is 4.65. The van der Waals surface area contributed by atoms with E-state index in [4.69, 9.17) is 16.3 Å². The fraction of sp³-hybridized carbons (Fsp3) is 0.0714. The summed E-state index contributed by atoms with van der Waals surface area (Å²) in [6, 6.07) is 9.48. The Balaban J connectivity index is 1.96. The van der Waals surface area contributed by atoms with Crippen LogP contribution in [0.2, 0.25) is 5.02 Å². The van der Waals surface area contributed by atoms with Crippen molar-refractivity contribution in [2.24, 2.45) is 0 Å². The van der Waals surface area contributed by atoms with Crippen LogP contribution in [0.5, 0.6) is 5.75 Å². The van der Waals surface area contributed by atoms with Gasteiger partial charge < -0.3 is 10.1 Å². The monoisotopic (exact) mass is 324 g/mol. The molecule has 114 valence electrons. The van der Waals surface area contributed by atoms with Gasteiger partial charge >= 0.3 is 5.69 Å². The Morgan fingerprint density at radius 1 is 1.27 bits per heavy atom. The van der Waals surface area contributed by atoms with Crippen molar-refractivity contribution in [3.8, 4) is 5.75 Å². The van der Waals surface area contributed by atoms with Crippen LogP contribution in [0.3, 0.4) is 0 Å². The lowest BCUT2D eigenvalue weighted by molar-refractivity contribution is -0.387. The van der Waals surface area contributed by atoms with Crippen molar-refractivity contribution >= 4 is 28.9 Å². The molecule has 0 bridgehead atoms. The number of ether oxygens (including phenoxy) is 1. The number of rotatable bonds is 5. The van der Waals surface area contributed by atoms with Crippen molar-refractivity contribution in [3.63, 3.8) is 0 Å². The van der Waals surface area contributed by atoms with Crippen LogP contribution < -0.4 is 10.1 Å². The van der Waals surface area contributed by atoms with Gasteiger partial charge in [0.15, 0.2) is 6.61 Å². The number of nitrogens with one attached hydrogen (secondary N) is 1. The van der Waals surface area contributed by atoms with Crippen LogP contribution in [-0.4, -0.2) is 17.4 Å². The molecule has 2 aromatic carbocycles. The van der Waals surface area contributed by atoms with Crippen LogP contribution in [0.1, 0.15) is 0 Å². The minimum Gasteiger partial charge on any atom is -0.484 e. The van der Waals surface area contributed by atoms with Crippen molar-refractivity contribution in [2.75, 3.05) is 11.9 Å². The Hall–Kier alpha value is -2.67. The third-order valence-electron chi connectivity index (χ3n) is 2.61. The molecule has 0 saturated heterocycles. The van der Waals surface area contributed by atoms with Gasteiger partial charge in [0.1, 0.15) is 5.75 Å². The number of anilines is 1. The summed E-state index contributed by atoms with van der Waals surface area (Å²) in [7, 11) is 0. The first kappa shape index (κ1) is 15.7. The maximum Gasteiger partial charge on any atom is 0.306 e. The molecule has 2 aromatic rings. The quantitative estimate of drug-likeness (QED) is 0.675. The highest BCUT2D eigenvalue weighted by Crippen LogP contribution is 2.21. The van der Waals surface area contributed by atoms with Crippen LogP contribution in [0.25, 0.3) is 0 Å². The zero-order chi connectivity index (χ0) is 16.1. The third kappa shape index (κ3) is 4.16. The predicted molar refractivity (Wildman–Crippen MR) is 78.6 cm³/mol. The smallest absolute Gasteiger partial charge is 0.306 e. The lowest BCUT2D eigenvalue weighted by Gasteiger charge is -2.07. The van der Waals surface area contributed by atoms with Crippen molar-refractivity contribution in [1.29, 1.82) is 0 Å². The molecule has 0 fully saturated rings. The minimum atomic E-state index is -0.972. The molecule has 22 heavy (non-hydrogen) atoms. The van der Waals surface area contributed by atoms with E-state index in [-0.39, 0.29) is 12.3 Å². The number of carbonyl (C=O) groups excluding carboxylic acids is 1. The molecule has 8 heteroatoms. The van der Waals surface area contributed by atoms with E-state index >= 15 is 0 Å². The number of halogens is 2. The van der Waals surface area contributed by atoms with Crippen molar-refractivity contribution in [2.45, 2.75) is 0 Å². The first-order valence-electron chi connectivity index (χ1n) is 6.08. The highest BCUT2D eigenvalue weighted by atomic mass is 35.5. The highest BCUT2D eigenvalue weighted by Gasteiger charge is 2.15. The van der Waals surface area contributed by atoms with Crippen LogP contribution in [0.15, 0.2) is 42.5 Å². The van der Waals surface area contributed by atoms with Gasteiger partial charge in [-0.05, 0) is 36.4 Å². The average Bonchev–Trinajstić information content (AvgIpc) is 2.48. The number of hydrogen-bond donors (Lipinski definition) is 1. The molecule has 2 rings (SSSR count). The Morgan fingerprint density at radius 3 is 2.59 bits per heavy atom. The molecular formula is C14H10ClFN2O4. The zero-order valence-electron chi connectivity index (χ0n) is 11.1. The van der Waals surface area contributed by atoms with Crippen LogP contribution in [0.4, 0.5) is 15.8 Å². The first-order chi connectivity index (χ1) is 10.5. The molecule has 0 aliphatic rings. The molecule has 0 unspecified atom stereocenters. The maximum atomic E-state index is 13.2. The lowest BCUT2D eigenvalue weighted by Crippen LogP contribution is -2.20. The summed E-state index contributed by atoms with van der Waals surface area (Å²) in [5.41, 5.74) is -0.603. The van der Waals surface area contributed by atoms with Gasteiger partial charge in [-0.3, -0.25) is 14.9 Å². The second kappa shape index (κ2) is 6.86. The van der Waals surface area contributed by atoms with E-state index in [0.29, 0.717) is 10.8 Å². The van der Waals surface area contributed by atoms with E-state index in [2.05, 4.69) is 5.32 Å². The molecule has 0 heterocycles. The molecule has 0 radical (unpaired) electrons. The summed E-state index contributed by atoms with van der Waals surface area (Å²) in [6.45, 7) is -0.299. The summed E-state index contributed by atoms with van der Waals surface area (Å²) < 4.78 is 18.4. The van der Waals surface area contributed by atoms with Crippen molar-refractivity contribution in [1.82, 2.24) is 0 Å². The van der Waals surface area contributed by atoms with Gasteiger partial charge in [-0.15, -0.1) is 0 Å². The largest absolute Gasteiger partial charge is 0.484 e. The molecule has 6 nitrogen and oxygen atoms in total. The molecule has 0 aliphatic carbocycles. The standard InChI is InChI=1S/C14H10ClFN2O4/c15-9-1-4-11(5-2-9)22-8-14(19)17-10-3-6-12(16)13(7-10)18(20)21/h1-7H,8H2,(H,17,19). The third-order valence-corrected chi connectivity index (χ3v) is 2.86. The molecule has 0 spiro atoms. The number of carbonyl (C=O) groups is 1. The maximum absolute atomic E-state index is 13.2. The normalized spacial score (nSPS) is 10.1. The molecule has 0 aliphatic heterocycles. The van der Waals surface area contributed by atoms with E-state index in [1.165, 1.54) is 6.07 Å². The molecule has 1 amide bonds. The van der Waals surface area contributed by atoms with E-state index in [9.17, 15) is 19.3 Å². The minimum absolute atomic E-state index is 0.109. The van der Waals surface area contributed by atoms with Gasteiger partial charge in [-0.1, -0.05) is 11.6 Å². The van der Waals surface area contributed by atoms with Gasteiger partial charge in [0.25, 0.3) is 5.91 Å². The first-order valence-corrected chi connectivity index (χ1v) is 6.45. The van der Waals surface area contributed by atoms with E-state index in [0.717, 1.165) is 12.1 Å². The molecule has 0 aromatic heterocycles. The Kier molecular flexibility index (Phi) is 4.90. The fourth-order valence-electron chi connectivity index (χ4n) is 1.61. The molecule has 0 saturated carbocycles. The van der Waals surface area contributed by atoms with Crippen LogP contribution >= 0.6 is 11.6 Å². The van der Waals surface area contributed by atoms with Gasteiger partial charge in [0.05, 0.1) is 4.92 Å². The van der Waals surface area contributed by atoms with E-state index in [1.807, 2.05) is 0 Å². The molecule has 0 atom stereocenters. The van der Waals surface area contributed by atoms with Gasteiger partial charge in [0.2, 0.25) is 5.82 Å². The van der Waals surface area contributed by atoms with Gasteiger partial charge in [-0.2, -0.15) is 4.39 Å². The Labute approximate surface area is 129 Å². The van der Waals surface area contributed by atoms with E-state index < -0.39 is 22.3 Å². The zero-order valence-corrected chi connectivity index (χ0v) is 11.8. The number of benzene rings is 2. The summed E-state index contributed by atoms with van der Waals surface area (Å²) in [5, 5.41) is 13.5. The molecule has 1 N–H and O–H groups in total. The number of amides is 1. The number of hydrogen-bond acceptors (Lipinski definition) is 4. The lowest BCUT2D eigenvalue weighted by atomic mass is 10.2. The number of nitrogens with zero attached hydrogens (tertiary/aromatic N) is 1. The Bertz CT molecular complexity index is 706. The van der Waals surface area contributed by atoms with Crippen LogP contribution in [0, 0.1) is 15.9 Å². The highest BCUT2D eigenvalue weighted by molar-refractivity contribution is 6.30. The molecular weight excluding hydrogens is 315 g/mol. The predicted octanol–water partition coefficient (Wildman–Crippen LogP) is 3.40. The van der Waals surface area contributed by atoms with Gasteiger partial charge in [0, 0.05) is 16.8 Å². The summed E-state index contributed by atoms with van der Waals surface area (Å²) in [6.07, 6.45) is 0. The van der Waals surface area contributed by atoms with Crippen molar-refractivity contribution < 1.29 is 18.8 Å². The number of nitro groups is 1. The fourth-order valence-corrected chi connectivity index (χ4v) is 1.73. The average molecular weight is 325 g/mol. The Morgan fingerprint density at radius 2 is 1.95 bits per heavy atom. The van der Waals surface area contributed by atoms with E-state index in [1.54, 1.807) is 24.3 Å². The topological polar surface area (TPSA) is 81.5 Å². The second-order valence-electron chi connectivity index (χ2n) is 4.21. The number of nitro benzene ring substituents is 1. The van der Waals surface area contributed by atoms with Crippen molar-refractivity contribution in [3.05, 3.63) is 63.4 Å². The summed E-state index contributed by atoms with van der Waals surface area (Å²) in [4.78, 5) is 21.4. The summed E-state index contributed by atoms with van der Waals surface area (Å²) in [5.74, 6) is -1.05.